The minimum atomic E-state index is -1.83. The first-order valence-electron chi connectivity index (χ1n) is 12.0. The first-order valence-corrected chi connectivity index (χ1v) is 14.4. The molecule has 0 aromatic heterocycles. The van der Waals surface area contributed by atoms with E-state index in [1.807, 2.05) is 0 Å². The first-order chi connectivity index (χ1) is 15.4. The Labute approximate surface area is 194 Å². The molecule has 0 bridgehead atoms. The van der Waals surface area contributed by atoms with Gasteiger partial charge in [0.1, 0.15) is 22.2 Å². The summed E-state index contributed by atoms with van der Waals surface area (Å²) in [6.45, 7) is 2.26. The summed E-state index contributed by atoms with van der Waals surface area (Å²) in [5, 5.41) is 3.34. The number of anilines is 1. The summed E-state index contributed by atoms with van der Waals surface area (Å²) in [6, 6.07) is 19.0. The number of aryl methyl sites for hydroxylation is 1. The van der Waals surface area contributed by atoms with Crippen molar-refractivity contribution in [2.75, 3.05) is 33.1 Å². The van der Waals surface area contributed by atoms with Gasteiger partial charge in [-0.1, -0.05) is 49.6 Å². The van der Waals surface area contributed by atoms with Gasteiger partial charge in [0.15, 0.2) is 5.71 Å². The lowest BCUT2D eigenvalue weighted by Crippen LogP contribution is -2.55. The van der Waals surface area contributed by atoms with Gasteiger partial charge >= 0.3 is 0 Å². The van der Waals surface area contributed by atoms with Crippen LogP contribution in [0.5, 0.6) is 0 Å². The van der Waals surface area contributed by atoms with Gasteiger partial charge in [-0.2, -0.15) is 0 Å². The summed E-state index contributed by atoms with van der Waals surface area (Å²) < 4.78 is 2.27. The molecule has 0 unspecified atom stereocenters. The molecular weight excluding hydrogens is 404 g/mol. The van der Waals surface area contributed by atoms with Gasteiger partial charge in [0, 0.05) is 31.9 Å². The van der Waals surface area contributed by atoms with Gasteiger partial charge in [0.05, 0.1) is 0 Å². The van der Waals surface area contributed by atoms with Gasteiger partial charge in [-0.05, 0) is 75.4 Å². The molecule has 164 valence electrons. The number of rotatable bonds is 2. The molecule has 2 heterocycles. The fourth-order valence-electron chi connectivity index (χ4n) is 5.98. The van der Waals surface area contributed by atoms with Crippen molar-refractivity contribution in [1.29, 1.82) is 0 Å². The van der Waals surface area contributed by atoms with Crippen LogP contribution in [-0.2, 0) is 0 Å². The Balaban J connectivity index is 1.89. The van der Waals surface area contributed by atoms with Crippen LogP contribution in [0, 0.1) is 6.92 Å². The second kappa shape index (κ2) is 8.04. The molecule has 32 heavy (non-hydrogen) atoms. The van der Waals surface area contributed by atoms with Gasteiger partial charge in [-0.3, -0.25) is 0 Å². The smallest absolute Gasteiger partial charge is 0.199 e. The zero-order valence-electron chi connectivity index (χ0n) is 20.2. The predicted octanol–water partition coefficient (Wildman–Crippen LogP) is 5.46. The van der Waals surface area contributed by atoms with Gasteiger partial charge in [-0.15, -0.1) is 0 Å². The van der Waals surface area contributed by atoms with E-state index in [9.17, 15) is 0 Å². The molecule has 0 N–H and O–H groups in total. The van der Waals surface area contributed by atoms with Crippen molar-refractivity contribution in [3.8, 4) is 0 Å². The van der Waals surface area contributed by atoms with Gasteiger partial charge in [0.2, 0.25) is 0 Å². The number of benzene rings is 2. The van der Waals surface area contributed by atoms with Crippen molar-refractivity contribution in [2.24, 2.45) is 0 Å². The summed E-state index contributed by atoms with van der Waals surface area (Å²) in [5.41, 5.74) is 9.81. The molecule has 1 aliphatic carbocycles. The summed E-state index contributed by atoms with van der Waals surface area (Å²) in [5.74, 6) is 0. The van der Waals surface area contributed by atoms with Gasteiger partial charge in [-0.25, -0.2) is 4.58 Å². The van der Waals surface area contributed by atoms with Crippen molar-refractivity contribution in [2.45, 2.75) is 38.3 Å². The van der Waals surface area contributed by atoms with Gasteiger partial charge in [0.25, 0.3) is 0 Å². The molecule has 3 aliphatic rings. The summed E-state index contributed by atoms with van der Waals surface area (Å²) in [4.78, 5) is 2.27. The summed E-state index contributed by atoms with van der Waals surface area (Å²) in [7, 11) is 6.85. The van der Waals surface area contributed by atoms with Crippen LogP contribution in [0.1, 0.15) is 36.0 Å². The summed E-state index contributed by atoms with van der Waals surface area (Å²) in [6.07, 6.45) is 11.4. The zero-order valence-corrected chi connectivity index (χ0v) is 21.2. The second-order valence-corrected chi connectivity index (χ2v) is 14.3. The molecule has 5 rings (SSSR count). The van der Waals surface area contributed by atoms with Crippen LogP contribution in [0.2, 0.25) is 12.1 Å². The highest BCUT2D eigenvalue weighted by Crippen LogP contribution is 2.47. The lowest BCUT2D eigenvalue weighted by atomic mass is 9.87. The van der Waals surface area contributed by atoms with E-state index in [0.717, 1.165) is 0 Å². The van der Waals surface area contributed by atoms with Crippen LogP contribution in [0.25, 0.3) is 5.57 Å². The highest BCUT2D eigenvalue weighted by molar-refractivity contribution is 7.00. The molecular formula is C29H35N2Si+. The van der Waals surface area contributed by atoms with Crippen molar-refractivity contribution >= 4 is 30.2 Å². The Morgan fingerprint density at radius 3 is 2.31 bits per heavy atom. The molecule has 2 aromatic rings. The molecule has 1 saturated heterocycles. The van der Waals surface area contributed by atoms with E-state index in [-0.39, 0.29) is 0 Å². The van der Waals surface area contributed by atoms with Crippen LogP contribution in [0.4, 0.5) is 5.69 Å². The minimum absolute atomic E-state index is 1.33. The predicted molar refractivity (Wildman–Crippen MR) is 141 cm³/mol. The average molecular weight is 440 g/mol. The molecule has 0 amide bonds. The Kier molecular flexibility index (Phi) is 5.33. The normalized spacial score (nSPS) is 18.9. The van der Waals surface area contributed by atoms with E-state index in [0.29, 0.717) is 0 Å². The van der Waals surface area contributed by atoms with Crippen molar-refractivity contribution in [1.82, 2.24) is 0 Å². The third-order valence-electron chi connectivity index (χ3n) is 7.73. The van der Waals surface area contributed by atoms with E-state index in [1.165, 1.54) is 70.6 Å². The number of hydrogen-bond donors (Lipinski definition) is 0. The number of allylic oxidation sites excluding steroid dienone is 5. The largest absolute Gasteiger partial charge is 0.378 e. The lowest BCUT2D eigenvalue weighted by molar-refractivity contribution is -0.462. The maximum atomic E-state index is 2.55. The Hall–Kier alpha value is -2.65. The molecule has 3 heteroatoms. The zero-order chi connectivity index (χ0) is 22.5. The standard InChI is InChI=1S/C29H35N2Si/c1-21-11-7-8-12-24(21)29-25-15-13-22(30(2)3)19-27(25)32(17-9-6-10-18-32)28-20-23(31(4)5)14-16-26(28)29/h7-8,11-16,19-20H,6,9-10,17-18H2,1-5H3/q+1. The number of nitrogens with zero attached hydrogens (tertiary/aromatic N) is 2. The highest BCUT2D eigenvalue weighted by atomic mass is 28.3. The second-order valence-electron chi connectivity index (χ2n) is 10.1. The van der Waals surface area contributed by atoms with E-state index in [4.69, 9.17) is 0 Å². The molecule has 2 aromatic carbocycles. The van der Waals surface area contributed by atoms with Crippen molar-refractivity contribution < 1.29 is 4.58 Å². The van der Waals surface area contributed by atoms with Gasteiger partial charge < -0.3 is 4.90 Å². The molecule has 0 saturated carbocycles. The van der Waals surface area contributed by atoms with E-state index in [1.54, 1.807) is 10.4 Å². The molecule has 1 fully saturated rings. The Morgan fingerprint density at radius 2 is 1.62 bits per heavy atom. The van der Waals surface area contributed by atoms with Crippen LogP contribution in [0.15, 0.2) is 71.5 Å². The fourth-order valence-corrected chi connectivity index (χ4v) is 11.6. The van der Waals surface area contributed by atoms with Crippen molar-refractivity contribution in [3.63, 3.8) is 0 Å². The molecule has 2 aliphatic heterocycles. The quantitative estimate of drug-likeness (QED) is 0.444. The van der Waals surface area contributed by atoms with E-state index >= 15 is 0 Å². The molecule has 0 atom stereocenters. The fraction of sp³-hybridized carbons (Fsp3) is 0.345. The highest BCUT2D eigenvalue weighted by Gasteiger charge is 2.47. The summed E-state index contributed by atoms with van der Waals surface area (Å²) >= 11 is 0. The molecule has 0 radical (unpaired) electrons. The number of hydrogen-bond acceptors (Lipinski definition) is 1. The minimum Gasteiger partial charge on any atom is -0.378 e. The number of fused-ring (bicyclic) bond motifs is 4. The monoisotopic (exact) mass is 439 g/mol. The van der Waals surface area contributed by atoms with Crippen LogP contribution >= 0.6 is 0 Å². The maximum absolute atomic E-state index is 2.55. The SMILES string of the molecule is Cc1ccccc1C1=C2C=CC(=[N+](C)C)C=C2[Si]2(CCCCC2)c2cc(N(C)C)ccc21. The Morgan fingerprint density at radius 1 is 0.875 bits per heavy atom. The van der Waals surface area contributed by atoms with E-state index < -0.39 is 8.07 Å². The molecule has 1 spiro atoms. The first kappa shape index (κ1) is 21.2. The Bertz CT molecular complexity index is 1200. The molecule has 2 nitrogen and oxygen atoms in total. The third kappa shape index (κ3) is 3.26. The topological polar surface area (TPSA) is 6.25 Å². The van der Waals surface area contributed by atoms with Crippen LogP contribution < -0.4 is 10.1 Å². The third-order valence-corrected chi connectivity index (χ3v) is 13.0. The lowest BCUT2D eigenvalue weighted by Gasteiger charge is -2.45. The van der Waals surface area contributed by atoms with Crippen LogP contribution in [-0.4, -0.2) is 46.6 Å². The van der Waals surface area contributed by atoms with Crippen molar-refractivity contribution in [3.05, 3.63) is 88.2 Å². The van der Waals surface area contributed by atoms with Crippen LogP contribution in [0.3, 0.4) is 0 Å². The van der Waals surface area contributed by atoms with E-state index in [2.05, 4.69) is 105 Å². The average Bonchev–Trinajstić information content (AvgIpc) is 2.80. The maximum Gasteiger partial charge on any atom is 0.199 e.